The molecule has 0 saturated heterocycles. The first-order valence-corrected chi connectivity index (χ1v) is 9.19. The second-order valence-corrected chi connectivity index (χ2v) is 6.57. The molecule has 0 bridgehead atoms. The van der Waals surface area contributed by atoms with Crippen LogP contribution in [0.2, 0.25) is 0 Å². The van der Waals surface area contributed by atoms with Crippen LogP contribution in [0.4, 0.5) is 11.4 Å². The first kappa shape index (κ1) is 19.4. The second-order valence-electron chi connectivity index (χ2n) is 5.52. The Morgan fingerprint density at radius 2 is 1.96 bits per heavy atom. The van der Waals surface area contributed by atoms with Crippen LogP contribution in [0.5, 0.6) is 5.75 Å². The van der Waals surface area contributed by atoms with Crippen molar-refractivity contribution >= 4 is 29.0 Å². The van der Waals surface area contributed by atoms with Gasteiger partial charge in [0.1, 0.15) is 11.4 Å². The van der Waals surface area contributed by atoms with E-state index in [4.69, 9.17) is 9.15 Å². The quantitative estimate of drug-likeness (QED) is 0.345. The predicted octanol–water partition coefficient (Wildman–Crippen LogP) is 3.77. The minimum absolute atomic E-state index is 0.136. The van der Waals surface area contributed by atoms with E-state index in [1.165, 1.54) is 23.9 Å². The van der Waals surface area contributed by atoms with Crippen LogP contribution in [0, 0.1) is 10.1 Å². The van der Waals surface area contributed by atoms with Crippen LogP contribution >= 0.6 is 11.8 Å². The number of carbonyl (C=O) groups is 1. The number of nitro groups is 1. The standard InChI is InChI=1S/C18H16N4O5S/c1-26-13-8-6-12(7-9-13)17-20-21-18(27-17)28-11-10-16(23)19-14-4-2-3-5-15(14)22(24)25/h2-9H,10-11H2,1H3,(H,19,23). The zero-order valence-electron chi connectivity index (χ0n) is 14.8. The number of nitrogens with one attached hydrogen (secondary N) is 1. The molecule has 0 aliphatic carbocycles. The highest BCUT2D eigenvalue weighted by Crippen LogP contribution is 2.26. The number of anilines is 1. The molecule has 0 aliphatic rings. The Bertz CT molecular complexity index is 974. The maximum atomic E-state index is 12.0. The van der Waals surface area contributed by atoms with Crippen LogP contribution in [0.15, 0.2) is 58.2 Å². The van der Waals surface area contributed by atoms with Crippen LogP contribution in [-0.4, -0.2) is 33.9 Å². The monoisotopic (exact) mass is 400 g/mol. The second kappa shape index (κ2) is 9.00. The minimum atomic E-state index is -0.538. The maximum Gasteiger partial charge on any atom is 0.292 e. The Morgan fingerprint density at radius 1 is 1.21 bits per heavy atom. The molecule has 0 fully saturated rings. The number of nitro benzene ring substituents is 1. The number of carbonyl (C=O) groups excluding carboxylic acids is 1. The highest BCUT2D eigenvalue weighted by molar-refractivity contribution is 7.99. The maximum absolute atomic E-state index is 12.0. The molecule has 9 nitrogen and oxygen atoms in total. The average Bonchev–Trinajstić information content (AvgIpc) is 3.17. The first-order chi connectivity index (χ1) is 13.6. The van der Waals surface area contributed by atoms with E-state index in [-0.39, 0.29) is 23.7 Å². The van der Waals surface area contributed by atoms with Gasteiger partial charge in [-0.05, 0) is 30.3 Å². The molecular formula is C18H16N4O5S. The molecule has 1 N–H and O–H groups in total. The van der Waals surface area contributed by atoms with E-state index in [9.17, 15) is 14.9 Å². The zero-order chi connectivity index (χ0) is 19.9. The fraction of sp³-hybridized carbons (Fsp3) is 0.167. The fourth-order valence-corrected chi connectivity index (χ4v) is 3.00. The van der Waals surface area contributed by atoms with Crippen molar-refractivity contribution in [2.75, 3.05) is 18.2 Å². The van der Waals surface area contributed by atoms with Gasteiger partial charge < -0.3 is 14.5 Å². The number of nitrogens with zero attached hydrogens (tertiary/aromatic N) is 3. The molecule has 0 saturated carbocycles. The molecule has 0 aliphatic heterocycles. The average molecular weight is 400 g/mol. The Kier molecular flexibility index (Phi) is 6.22. The summed E-state index contributed by atoms with van der Waals surface area (Å²) in [6.45, 7) is 0. The minimum Gasteiger partial charge on any atom is -0.497 e. The number of methoxy groups -OCH3 is 1. The fourth-order valence-electron chi connectivity index (χ4n) is 2.30. The van der Waals surface area contributed by atoms with Gasteiger partial charge in [-0.3, -0.25) is 14.9 Å². The van der Waals surface area contributed by atoms with Crippen molar-refractivity contribution in [3.8, 4) is 17.2 Å². The lowest BCUT2D eigenvalue weighted by atomic mass is 10.2. The van der Waals surface area contributed by atoms with Crippen LogP contribution in [0.3, 0.4) is 0 Å². The number of benzene rings is 2. The number of hydrogen-bond acceptors (Lipinski definition) is 8. The summed E-state index contributed by atoms with van der Waals surface area (Å²) in [7, 11) is 1.59. The highest BCUT2D eigenvalue weighted by atomic mass is 32.2. The summed E-state index contributed by atoms with van der Waals surface area (Å²) in [5.74, 6) is 1.14. The molecule has 2 aromatic carbocycles. The SMILES string of the molecule is COc1ccc(-c2nnc(SCCC(=O)Nc3ccccc3[N+](=O)[O-])o2)cc1. The molecule has 1 aromatic heterocycles. The molecular weight excluding hydrogens is 384 g/mol. The van der Waals surface area contributed by atoms with E-state index in [0.29, 0.717) is 16.9 Å². The third-order valence-corrected chi connectivity index (χ3v) is 4.49. The Balaban J connectivity index is 1.52. The van der Waals surface area contributed by atoms with Gasteiger partial charge in [0, 0.05) is 23.8 Å². The normalized spacial score (nSPS) is 10.5. The van der Waals surface area contributed by atoms with Gasteiger partial charge in [0.2, 0.25) is 11.8 Å². The zero-order valence-corrected chi connectivity index (χ0v) is 15.6. The summed E-state index contributed by atoms with van der Waals surface area (Å²) in [4.78, 5) is 22.5. The van der Waals surface area contributed by atoms with E-state index in [1.807, 2.05) is 0 Å². The van der Waals surface area contributed by atoms with E-state index < -0.39 is 4.92 Å². The van der Waals surface area contributed by atoms with Crippen molar-refractivity contribution in [2.45, 2.75) is 11.6 Å². The van der Waals surface area contributed by atoms with Gasteiger partial charge in [-0.1, -0.05) is 23.9 Å². The lowest BCUT2D eigenvalue weighted by molar-refractivity contribution is -0.383. The largest absolute Gasteiger partial charge is 0.497 e. The topological polar surface area (TPSA) is 120 Å². The Labute approximate surface area is 164 Å². The number of rotatable bonds is 8. The predicted molar refractivity (Wildman–Crippen MR) is 103 cm³/mol. The molecule has 1 amide bonds. The number of thioether (sulfide) groups is 1. The molecule has 3 aromatic rings. The Hall–Kier alpha value is -3.40. The van der Waals surface area contributed by atoms with E-state index in [2.05, 4.69) is 15.5 Å². The summed E-state index contributed by atoms with van der Waals surface area (Å²) in [6.07, 6.45) is 0.136. The highest BCUT2D eigenvalue weighted by Gasteiger charge is 2.15. The van der Waals surface area contributed by atoms with Crippen molar-refractivity contribution in [3.63, 3.8) is 0 Å². The molecule has 1 heterocycles. The van der Waals surface area contributed by atoms with Gasteiger partial charge in [0.05, 0.1) is 12.0 Å². The molecule has 144 valence electrons. The van der Waals surface area contributed by atoms with Crippen molar-refractivity contribution in [1.82, 2.24) is 10.2 Å². The van der Waals surface area contributed by atoms with Gasteiger partial charge in [0.25, 0.3) is 10.9 Å². The van der Waals surface area contributed by atoms with Crippen LogP contribution in [0.25, 0.3) is 11.5 Å². The summed E-state index contributed by atoms with van der Waals surface area (Å²) < 4.78 is 10.7. The number of para-hydroxylation sites is 2. The van der Waals surface area contributed by atoms with Gasteiger partial charge in [-0.2, -0.15) is 0 Å². The van der Waals surface area contributed by atoms with E-state index in [0.717, 1.165) is 11.3 Å². The Morgan fingerprint density at radius 3 is 2.68 bits per heavy atom. The molecule has 3 rings (SSSR count). The molecule has 0 spiro atoms. The van der Waals surface area contributed by atoms with Crippen LogP contribution < -0.4 is 10.1 Å². The summed E-state index contributed by atoms with van der Waals surface area (Å²) in [5, 5.41) is 21.8. The van der Waals surface area contributed by atoms with Crippen molar-refractivity contribution in [2.24, 2.45) is 0 Å². The molecule has 0 unspecified atom stereocenters. The van der Waals surface area contributed by atoms with Crippen molar-refractivity contribution < 1.29 is 18.9 Å². The third-order valence-electron chi connectivity index (χ3n) is 3.67. The lowest BCUT2D eigenvalue weighted by Crippen LogP contribution is -2.13. The van der Waals surface area contributed by atoms with Crippen LogP contribution in [-0.2, 0) is 4.79 Å². The molecule has 0 radical (unpaired) electrons. The third kappa shape index (κ3) is 4.86. The summed E-state index contributed by atoms with van der Waals surface area (Å²) >= 11 is 1.23. The molecule has 28 heavy (non-hydrogen) atoms. The van der Waals surface area contributed by atoms with Crippen LogP contribution in [0.1, 0.15) is 6.42 Å². The van der Waals surface area contributed by atoms with Crippen molar-refractivity contribution in [1.29, 1.82) is 0 Å². The number of amides is 1. The van der Waals surface area contributed by atoms with Crippen molar-refractivity contribution in [3.05, 3.63) is 58.6 Å². The van der Waals surface area contributed by atoms with E-state index >= 15 is 0 Å². The van der Waals surface area contributed by atoms with Gasteiger partial charge in [-0.25, -0.2) is 0 Å². The van der Waals surface area contributed by atoms with Gasteiger partial charge in [-0.15, -0.1) is 10.2 Å². The molecule has 0 atom stereocenters. The summed E-state index contributed by atoms with van der Waals surface area (Å²) in [5.41, 5.74) is 0.779. The van der Waals surface area contributed by atoms with E-state index in [1.54, 1.807) is 43.5 Å². The lowest BCUT2D eigenvalue weighted by Gasteiger charge is -2.05. The first-order valence-electron chi connectivity index (χ1n) is 8.21. The molecule has 10 heteroatoms. The number of ether oxygens (including phenoxy) is 1. The number of aromatic nitrogens is 2. The van der Waals surface area contributed by atoms with Gasteiger partial charge >= 0.3 is 0 Å². The van der Waals surface area contributed by atoms with Gasteiger partial charge in [0.15, 0.2) is 0 Å². The number of hydrogen-bond donors (Lipinski definition) is 1. The smallest absolute Gasteiger partial charge is 0.292 e. The summed E-state index contributed by atoms with van der Waals surface area (Å²) in [6, 6.07) is 13.2.